The van der Waals surface area contributed by atoms with Crippen molar-refractivity contribution >= 4 is 11.9 Å². The van der Waals surface area contributed by atoms with Gasteiger partial charge in [0.05, 0.1) is 11.4 Å². The van der Waals surface area contributed by atoms with Gasteiger partial charge >= 0.3 is 0 Å². The molecule has 1 atom stereocenters. The first kappa shape index (κ1) is 9.54. The molecule has 0 amide bonds. The molecule has 2 heterocycles. The van der Waals surface area contributed by atoms with E-state index in [0.29, 0.717) is 11.6 Å². The van der Waals surface area contributed by atoms with Gasteiger partial charge in [-0.05, 0) is 24.8 Å². The highest BCUT2D eigenvalue weighted by Gasteiger charge is 2.32. The molecule has 4 heteroatoms. The van der Waals surface area contributed by atoms with Crippen LogP contribution in [0.2, 0.25) is 0 Å². The zero-order valence-corrected chi connectivity index (χ0v) is 8.80. The second-order valence-electron chi connectivity index (χ2n) is 4.22. The molecule has 16 heavy (non-hydrogen) atoms. The number of anilines is 1. The number of pyridine rings is 1. The van der Waals surface area contributed by atoms with Gasteiger partial charge in [0, 0.05) is 30.4 Å². The predicted molar refractivity (Wildman–Crippen MR) is 62.3 cm³/mol. The molecule has 4 nitrogen and oxygen atoms in total. The molecule has 1 unspecified atom stereocenters. The van der Waals surface area contributed by atoms with Crippen LogP contribution < -0.4 is 5.32 Å². The van der Waals surface area contributed by atoms with Crippen molar-refractivity contribution in [2.45, 2.75) is 18.9 Å². The van der Waals surface area contributed by atoms with E-state index < -0.39 is 6.10 Å². The molecule has 3 rings (SSSR count). The van der Waals surface area contributed by atoms with Crippen LogP contribution in [-0.4, -0.2) is 22.4 Å². The Morgan fingerprint density at radius 3 is 3.12 bits per heavy atom. The molecule has 1 aliphatic heterocycles. The maximum Gasteiger partial charge on any atom is 0.100 e. The van der Waals surface area contributed by atoms with Crippen molar-refractivity contribution in [1.82, 2.24) is 4.98 Å². The van der Waals surface area contributed by atoms with Crippen LogP contribution >= 0.6 is 0 Å². The molecule has 0 spiro atoms. The van der Waals surface area contributed by atoms with Crippen molar-refractivity contribution < 1.29 is 5.11 Å². The predicted octanol–water partition coefficient (Wildman–Crippen LogP) is 1.54. The van der Waals surface area contributed by atoms with Gasteiger partial charge in [-0.1, -0.05) is 0 Å². The molecule has 1 aromatic rings. The molecular weight excluding hydrogens is 202 g/mol. The maximum absolute atomic E-state index is 9.98. The molecule has 0 radical (unpaired) electrons. The highest BCUT2D eigenvalue weighted by atomic mass is 16.3. The second-order valence-corrected chi connectivity index (χ2v) is 4.22. The minimum atomic E-state index is -0.439. The topological polar surface area (TPSA) is 57.5 Å². The van der Waals surface area contributed by atoms with Gasteiger partial charge in [0.2, 0.25) is 0 Å². The summed E-state index contributed by atoms with van der Waals surface area (Å²) in [6.45, 7) is 0. The Labute approximate surface area is 93.7 Å². The van der Waals surface area contributed by atoms with Gasteiger partial charge in [-0.15, -0.1) is 0 Å². The first-order valence-electron chi connectivity index (χ1n) is 5.47. The van der Waals surface area contributed by atoms with Crippen LogP contribution in [0.15, 0.2) is 35.3 Å². The summed E-state index contributed by atoms with van der Waals surface area (Å²) in [7, 11) is 0. The van der Waals surface area contributed by atoms with Crippen molar-refractivity contribution in [3.05, 3.63) is 35.9 Å². The summed E-state index contributed by atoms with van der Waals surface area (Å²) < 4.78 is 0. The smallest absolute Gasteiger partial charge is 0.100 e. The standard InChI is InChI=1S/C12H13N3O/c16-12(8-1-2-8)11-7-15-10-3-4-13-5-9(10)6-14-11/h3-8,12,15-16H,1-2H2. The molecule has 1 aliphatic carbocycles. The molecule has 1 saturated carbocycles. The van der Waals surface area contributed by atoms with Gasteiger partial charge in [-0.2, -0.15) is 0 Å². The SMILES string of the molecule is OC(C1=CNc2ccncc2C=N1)C1CC1. The molecule has 1 fully saturated rings. The summed E-state index contributed by atoms with van der Waals surface area (Å²) in [6.07, 6.45) is 8.78. The normalized spacial score (nSPS) is 20.4. The Balaban J connectivity index is 1.88. The number of hydrogen-bond donors (Lipinski definition) is 2. The Bertz CT molecular complexity index is 463. The average molecular weight is 215 g/mol. The largest absolute Gasteiger partial charge is 0.386 e. The minimum absolute atomic E-state index is 0.393. The number of nitrogens with zero attached hydrogens (tertiary/aromatic N) is 2. The van der Waals surface area contributed by atoms with Crippen LogP contribution in [0.5, 0.6) is 0 Å². The minimum Gasteiger partial charge on any atom is -0.386 e. The highest BCUT2D eigenvalue weighted by Crippen LogP contribution is 2.36. The van der Waals surface area contributed by atoms with Crippen LogP contribution in [0, 0.1) is 5.92 Å². The summed E-state index contributed by atoms with van der Waals surface area (Å²) >= 11 is 0. The third kappa shape index (κ3) is 1.72. The summed E-state index contributed by atoms with van der Waals surface area (Å²) in [4.78, 5) is 8.35. The molecule has 2 N–H and O–H groups in total. The number of aliphatic hydroxyl groups excluding tert-OH is 1. The third-order valence-corrected chi connectivity index (χ3v) is 2.95. The van der Waals surface area contributed by atoms with E-state index in [-0.39, 0.29) is 0 Å². The van der Waals surface area contributed by atoms with Crippen LogP contribution in [0.1, 0.15) is 18.4 Å². The van der Waals surface area contributed by atoms with Gasteiger partial charge in [0.1, 0.15) is 6.10 Å². The van der Waals surface area contributed by atoms with E-state index >= 15 is 0 Å². The molecule has 82 valence electrons. The first-order chi connectivity index (χ1) is 7.84. The first-order valence-corrected chi connectivity index (χ1v) is 5.47. The Morgan fingerprint density at radius 2 is 2.31 bits per heavy atom. The summed E-state index contributed by atoms with van der Waals surface area (Å²) in [5, 5.41) is 13.1. The van der Waals surface area contributed by atoms with Gasteiger partial charge < -0.3 is 10.4 Å². The fourth-order valence-electron chi connectivity index (χ4n) is 1.79. The monoisotopic (exact) mass is 215 g/mol. The van der Waals surface area contributed by atoms with E-state index in [0.717, 1.165) is 24.1 Å². The molecule has 0 saturated heterocycles. The number of rotatable bonds is 2. The average Bonchev–Trinajstić information content (AvgIpc) is 3.15. The second kappa shape index (κ2) is 3.72. The number of hydrogen-bond acceptors (Lipinski definition) is 4. The van der Waals surface area contributed by atoms with Crippen LogP contribution in [0.4, 0.5) is 5.69 Å². The van der Waals surface area contributed by atoms with Crippen molar-refractivity contribution in [3.8, 4) is 0 Å². The van der Waals surface area contributed by atoms with E-state index in [1.807, 2.05) is 6.07 Å². The van der Waals surface area contributed by atoms with Crippen LogP contribution in [0.25, 0.3) is 0 Å². The van der Waals surface area contributed by atoms with Gasteiger partial charge in [0.15, 0.2) is 0 Å². The van der Waals surface area contributed by atoms with Crippen LogP contribution in [-0.2, 0) is 0 Å². The Kier molecular flexibility index (Phi) is 2.22. The Morgan fingerprint density at radius 1 is 1.44 bits per heavy atom. The van der Waals surface area contributed by atoms with Crippen molar-refractivity contribution in [2.24, 2.45) is 10.9 Å². The molecular formula is C12H13N3O. The van der Waals surface area contributed by atoms with Gasteiger partial charge in [-0.3, -0.25) is 9.98 Å². The lowest BCUT2D eigenvalue weighted by molar-refractivity contribution is 0.186. The number of aromatic nitrogens is 1. The maximum atomic E-state index is 9.98. The van der Waals surface area contributed by atoms with Crippen molar-refractivity contribution in [2.75, 3.05) is 5.32 Å². The molecule has 0 aromatic carbocycles. The fraction of sp³-hybridized carbons (Fsp3) is 0.333. The molecule has 2 aliphatic rings. The number of aliphatic imine (C=N–C) groups is 1. The lowest BCUT2D eigenvalue weighted by atomic mass is 10.2. The molecule has 1 aromatic heterocycles. The third-order valence-electron chi connectivity index (χ3n) is 2.95. The van der Waals surface area contributed by atoms with Crippen molar-refractivity contribution in [1.29, 1.82) is 0 Å². The summed E-state index contributed by atoms with van der Waals surface area (Å²) in [5.74, 6) is 0.393. The lowest BCUT2D eigenvalue weighted by Gasteiger charge is -2.08. The quantitative estimate of drug-likeness (QED) is 0.786. The van der Waals surface area contributed by atoms with E-state index in [1.165, 1.54) is 0 Å². The summed E-state index contributed by atoms with van der Waals surface area (Å²) in [5.41, 5.74) is 2.62. The fourth-order valence-corrected chi connectivity index (χ4v) is 1.79. The molecule has 0 bridgehead atoms. The van der Waals surface area contributed by atoms with Gasteiger partial charge in [0.25, 0.3) is 0 Å². The van der Waals surface area contributed by atoms with Crippen molar-refractivity contribution in [3.63, 3.8) is 0 Å². The zero-order chi connectivity index (χ0) is 11.0. The van der Waals surface area contributed by atoms with E-state index in [2.05, 4.69) is 15.3 Å². The van der Waals surface area contributed by atoms with Crippen LogP contribution in [0.3, 0.4) is 0 Å². The Hall–Kier alpha value is -1.68. The van der Waals surface area contributed by atoms with E-state index in [4.69, 9.17) is 0 Å². The lowest BCUT2D eigenvalue weighted by Crippen LogP contribution is -2.12. The number of aliphatic hydroxyl groups is 1. The summed E-state index contributed by atoms with van der Waals surface area (Å²) in [6, 6.07) is 1.89. The van der Waals surface area contributed by atoms with Gasteiger partial charge in [-0.25, -0.2) is 0 Å². The van der Waals surface area contributed by atoms with E-state index in [1.54, 1.807) is 24.8 Å². The number of nitrogens with one attached hydrogen (secondary N) is 1. The number of fused-ring (bicyclic) bond motifs is 1. The highest BCUT2D eigenvalue weighted by molar-refractivity contribution is 5.88. The van der Waals surface area contributed by atoms with E-state index in [9.17, 15) is 5.11 Å². The zero-order valence-electron chi connectivity index (χ0n) is 8.80.